The summed E-state index contributed by atoms with van der Waals surface area (Å²) in [6.07, 6.45) is 14.1. The van der Waals surface area contributed by atoms with Crippen LogP contribution in [0.15, 0.2) is 18.3 Å². The molecule has 2 aliphatic rings. The van der Waals surface area contributed by atoms with Gasteiger partial charge in [0.25, 0.3) is 0 Å². The van der Waals surface area contributed by atoms with Gasteiger partial charge in [-0.25, -0.2) is 0 Å². The van der Waals surface area contributed by atoms with Gasteiger partial charge >= 0.3 is 0 Å². The Hall–Kier alpha value is -0.890. The van der Waals surface area contributed by atoms with E-state index >= 15 is 0 Å². The lowest BCUT2D eigenvalue weighted by Gasteiger charge is -2.35. The summed E-state index contributed by atoms with van der Waals surface area (Å²) < 4.78 is 0. The van der Waals surface area contributed by atoms with Gasteiger partial charge in [-0.2, -0.15) is 0 Å². The maximum absolute atomic E-state index is 4.67. The molecule has 2 heteroatoms. The molecule has 3 rings (SSSR count). The van der Waals surface area contributed by atoms with Crippen LogP contribution < -0.4 is 5.32 Å². The zero-order valence-electron chi connectivity index (χ0n) is 12.8. The number of nitrogens with one attached hydrogen (secondary N) is 1. The molecular formula is C18H28N2. The van der Waals surface area contributed by atoms with E-state index in [0.29, 0.717) is 12.1 Å². The molecule has 1 heterocycles. The molecule has 110 valence electrons. The lowest BCUT2D eigenvalue weighted by molar-refractivity contribution is 0.237. The smallest absolute Gasteiger partial charge is 0.0605 e. The summed E-state index contributed by atoms with van der Waals surface area (Å²) in [5.41, 5.74) is 2.79. The fraction of sp³-hybridized carbons (Fsp3) is 0.722. The van der Waals surface area contributed by atoms with Gasteiger partial charge in [-0.1, -0.05) is 32.3 Å². The van der Waals surface area contributed by atoms with E-state index in [1.54, 1.807) is 0 Å². The maximum atomic E-state index is 4.67. The molecule has 1 aromatic rings. The Morgan fingerprint density at radius 1 is 1.20 bits per heavy atom. The number of hydrogen-bond donors (Lipinski definition) is 1. The summed E-state index contributed by atoms with van der Waals surface area (Å²) in [6, 6.07) is 5.53. The van der Waals surface area contributed by atoms with E-state index in [9.17, 15) is 0 Å². The van der Waals surface area contributed by atoms with E-state index in [1.807, 2.05) is 6.20 Å². The predicted octanol–water partition coefficient (Wildman–Crippen LogP) is 4.41. The second kappa shape index (κ2) is 6.71. The van der Waals surface area contributed by atoms with E-state index < -0.39 is 0 Å². The van der Waals surface area contributed by atoms with Crippen LogP contribution in [0.25, 0.3) is 0 Å². The third-order valence-electron chi connectivity index (χ3n) is 5.27. The van der Waals surface area contributed by atoms with Gasteiger partial charge in [0.05, 0.1) is 5.69 Å². The second-order valence-corrected chi connectivity index (χ2v) is 6.57. The highest BCUT2D eigenvalue weighted by Crippen LogP contribution is 2.32. The summed E-state index contributed by atoms with van der Waals surface area (Å²) in [4.78, 5) is 4.67. The van der Waals surface area contributed by atoms with E-state index in [0.717, 1.165) is 5.92 Å². The highest BCUT2D eigenvalue weighted by atomic mass is 15.0. The van der Waals surface area contributed by atoms with Crippen molar-refractivity contribution in [3.05, 3.63) is 29.6 Å². The van der Waals surface area contributed by atoms with Crippen molar-refractivity contribution in [2.45, 2.75) is 76.8 Å². The molecule has 1 N–H and O–H groups in total. The van der Waals surface area contributed by atoms with Gasteiger partial charge in [0, 0.05) is 18.3 Å². The van der Waals surface area contributed by atoms with Crippen molar-refractivity contribution >= 4 is 0 Å². The molecule has 0 bridgehead atoms. The Labute approximate surface area is 123 Å². The van der Waals surface area contributed by atoms with Crippen LogP contribution in [-0.4, -0.2) is 11.0 Å². The summed E-state index contributed by atoms with van der Waals surface area (Å²) in [5, 5.41) is 3.97. The van der Waals surface area contributed by atoms with E-state index in [-0.39, 0.29) is 0 Å². The first-order valence-corrected chi connectivity index (χ1v) is 8.58. The van der Waals surface area contributed by atoms with Crippen molar-refractivity contribution in [3.8, 4) is 0 Å². The monoisotopic (exact) mass is 272 g/mol. The van der Waals surface area contributed by atoms with Crippen molar-refractivity contribution in [1.29, 1.82) is 0 Å². The number of fused-ring (bicyclic) bond motifs is 1. The maximum Gasteiger partial charge on any atom is 0.0605 e. The van der Waals surface area contributed by atoms with Crippen LogP contribution >= 0.6 is 0 Å². The fourth-order valence-electron chi connectivity index (χ4n) is 4.15. The van der Waals surface area contributed by atoms with E-state index in [4.69, 9.17) is 0 Å². The molecule has 0 saturated heterocycles. The minimum Gasteiger partial charge on any atom is -0.306 e. The first kappa shape index (κ1) is 14.1. The molecular weight excluding hydrogens is 244 g/mol. The normalized spacial score (nSPS) is 25.1. The van der Waals surface area contributed by atoms with Crippen molar-refractivity contribution in [1.82, 2.24) is 10.3 Å². The summed E-state index contributed by atoms with van der Waals surface area (Å²) in [7, 11) is 0. The molecule has 0 amide bonds. The molecule has 0 aromatic carbocycles. The molecule has 20 heavy (non-hydrogen) atoms. The van der Waals surface area contributed by atoms with Crippen LogP contribution in [0, 0.1) is 5.92 Å². The molecule has 2 unspecified atom stereocenters. The first-order chi connectivity index (χ1) is 9.88. The zero-order chi connectivity index (χ0) is 13.8. The van der Waals surface area contributed by atoms with Crippen molar-refractivity contribution in [2.75, 3.05) is 0 Å². The highest BCUT2D eigenvalue weighted by Gasteiger charge is 2.27. The summed E-state index contributed by atoms with van der Waals surface area (Å²) in [6.45, 7) is 2.34. The Kier molecular flexibility index (Phi) is 4.72. The molecule has 2 atom stereocenters. The average molecular weight is 272 g/mol. The largest absolute Gasteiger partial charge is 0.306 e. The van der Waals surface area contributed by atoms with Crippen LogP contribution in [0.4, 0.5) is 0 Å². The molecule has 2 aliphatic carbocycles. The van der Waals surface area contributed by atoms with Crippen LogP contribution in [0.2, 0.25) is 0 Å². The minimum atomic E-state index is 0.492. The number of hydrogen-bond acceptors (Lipinski definition) is 2. The quantitative estimate of drug-likeness (QED) is 0.878. The number of nitrogens with zero attached hydrogens (tertiary/aromatic N) is 1. The van der Waals surface area contributed by atoms with Gasteiger partial charge in [-0.3, -0.25) is 4.98 Å². The molecule has 0 spiro atoms. The molecule has 0 aliphatic heterocycles. The average Bonchev–Trinajstić information content (AvgIpc) is 2.53. The number of aryl methyl sites for hydroxylation is 1. The summed E-state index contributed by atoms with van der Waals surface area (Å²) in [5.74, 6) is 0.892. The number of rotatable bonds is 4. The van der Waals surface area contributed by atoms with Gasteiger partial charge in [0.2, 0.25) is 0 Å². The van der Waals surface area contributed by atoms with Gasteiger partial charge in [-0.05, 0) is 56.1 Å². The lowest BCUT2D eigenvalue weighted by atomic mass is 9.81. The summed E-state index contributed by atoms with van der Waals surface area (Å²) >= 11 is 0. The molecule has 1 fully saturated rings. The Bertz CT molecular complexity index is 423. The third kappa shape index (κ3) is 3.06. The lowest BCUT2D eigenvalue weighted by Crippen LogP contribution is -2.40. The van der Waals surface area contributed by atoms with Crippen LogP contribution in [0.3, 0.4) is 0 Å². The fourth-order valence-corrected chi connectivity index (χ4v) is 4.15. The van der Waals surface area contributed by atoms with Crippen molar-refractivity contribution in [2.24, 2.45) is 5.92 Å². The predicted molar refractivity (Wildman–Crippen MR) is 83.7 cm³/mol. The van der Waals surface area contributed by atoms with Gasteiger partial charge in [-0.15, -0.1) is 0 Å². The van der Waals surface area contributed by atoms with Crippen LogP contribution in [0.1, 0.15) is 75.6 Å². The molecule has 2 nitrogen and oxygen atoms in total. The SMILES string of the molecule is CCC(NC1CCCc2cccnc21)C1CCCCC1. The Morgan fingerprint density at radius 3 is 2.85 bits per heavy atom. The van der Waals surface area contributed by atoms with Crippen LogP contribution in [0.5, 0.6) is 0 Å². The standard InChI is InChI=1S/C18H28N2/c1-2-16(14-8-4-3-5-9-14)20-17-12-6-10-15-11-7-13-19-18(15)17/h7,11,13-14,16-17,20H,2-6,8-10,12H2,1H3. The number of pyridine rings is 1. The Morgan fingerprint density at radius 2 is 2.05 bits per heavy atom. The number of aromatic nitrogens is 1. The molecule has 1 aromatic heterocycles. The highest BCUT2D eigenvalue weighted by molar-refractivity contribution is 5.25. The first-order valence-electron chi connectivity index (χ1n) is 8.58. The van der Waals surface area contributed by atoms with Gasteiger partial charge in [0.1, 0.15) is 0 Å². The van der Waals surface area contributed by atoms with Crippen LogP contribution in [-0.2, 0) is 6.42 Å². The molecule has 0 radical (unpaired) electrons. The second-order valence-electron chi connectivity index (χ2n) is 6.57. The van der Waals surface area contributed by atoms with E-state index in [1.165, 1.54) is 69.0 Å². The van der Waals surface area contributed by atoms with Gasteiger partial charge in [0.15, 0.2) is 0 Å². The third-order valence-corrected chi connectivity index (χ3v) is 5.27. The van der Waals surface area contributed by atoms with E-state index in [2.05, 4.69) is 29.4 Å². The van der Waals surface area contributed by atoms with Crippen molar-refractivity contribution in [3.63, 3.8) is 0 Å². The minimum absolute atomic E-state index is 0.492. The Balaban J connectivity index is 1.70. The zero-order valence-corrected chi connectivity index (χ0v) is 12.8. The van der Waals surface area contributed by atoms with Crippen molar-refractivity contribution < 1.29 is 0 Å². The molecule has 1 saturated carbocycles. The van der Waals surface area contributed by atoms with Gasteiger partial charge < -0.3 is 5.32 Å². The topological polar surface area (TPSA) is 24.9 Å².